The van der Waals surface area contributed by atoms with Gasteiger partial charge in [0, 0.05) is 29.0 Å². The minimum atomic E-state index is -4.95. The van der Waals surface area contributed by atoms with Crippen LogP contribution >= 0.6 is 0 Å². The van der Waals surface area contributed by atoms with E-state index in [2.05, 4.69) is 9.72 Å². The SMILES string of the molecule is O=C(O)[C@@H]1CCCC[C@@H]1c1nc2cc(OCc3ccc4ccccc4n3)ccc2n1Cc1ccc(OC(F)(F)F)cc1F. The first kappa shape index (κ1) is 28.4. The van der Waals surface area contributed by atoms with Crippen molar-refractivity contribution in [1.29, 1.82) is 0 Å². The number of carboxylic acids is 1. The highest BCUT2D eigenvalue weighted by Crippen LogP contribution is 2.40. The van der Waals surface area contributed by atoms with Crippen molar-refractivity contribution in [2.24, 2.45) is 5.92 Å². The number of hydrogen-bond donors (Lipinski definition) is 1. The van der Waals surface area contributed by atoms with Crippen LogP contribution in [0.15, 0.2) is 72.8 Å². The van der Waals surface area contributed by atoms with Crippen LogP contribution in [0.25, 0.3) is 21.9 Å². The van der Waals surface area contributed by atoms with Crippen molar-refractivity contribution in [3.05, 3.63) is 95.7 Å². The molecular formula is C32H27F4N3O4. The number of nitrogens with zero attached hydrogens (tertiary/aromatic N) is 3. The summed E-state index contributed by atoms with van der Waals surface area (Å²) in [5.41, 5.74) is 2.86. The summed E-state index contributed by atoms with van der Waals surface area (Å²) >= 11 is 0. The van der Waals surface area contributed by atoms with E-state index in [9.17, 15) is 23.1 Å². The van der Waals surface area contributed by atoms with E-state index in [0.717, 1.165) is 35.5 Å². The molecule has 2 heterocycles. The van der Waals surface area contributed by atoms with E-state index in [1.165, 1.54) is 6.07 Å². The summed E-state index contributed by atoms with van der Waals surface area (Å²) in [4.78, 5) is 21.6. The third kappa shape index (κ3) is 6.25. The molecular weight excluding hydrogens is 566 g/mol. The average molecular weight is 594 g/mol. The van der Waals surface area contributed by atoms with Gasteiger partial charge in [-0.1, -0.05) is 43.2 Å². The Labute approximate surface area is 243 Å². The largest absolute Gasteiger partial charge is 0.573 e. The van der Waals surface area contributed by atoms with Crippen LogP contribution in [-0.2, 0) is 17.9 Å². The van der Waals surface area contributed by atoms with Crippen molar-refractivity contribution in [2.75, 3.05) is 0 Å². The summed E-state index contributed by atoms with van der Waals surface area (Å²) in [7, 11) is 0. The molecule has 6 rings (SSSR count). The number of imidazole rings is 1. The standard InChI is InChI=1S/C32H27F4N3O4/c33-26-15-23(43-32(34,35)36)12-10-20(26)17-39-29-14-13-22(42-18-21-11-9-19-5-1-4-8-27(19)37-21)16-28(29)38-30(39)24-6-2-3-7-25(24)31(40)41/h1,4-5,8-16,24-25H,2-3,6-7,17-18H2,(H,40,41)/t24-,25+/m0/s1. The molecule has 1 N–H and O–H groups in total. The molecule has 0 radical (unpaired) electrons. The molecule has 7 nitrogen and oxygen atoms in total. The number of aromatic nitrogens is 3. The summed E-state index contributed by atoms with van der Waals surface area (Å²) in [6.07, 6.45) is -2.25. The smallest absolute Gasteiger partial charge is 0.487 e. The van der Waals surface area contributed by atoms with E-state index in [0.29, 0.717) is 41.5 Å². The Hall–Kier alpha value is -4.67. The van der Waals surface area contributed by atoms with Crippen molar-refractivity contribution in [1.82, 2.24) is 14.5 Å². The first-order chi connectivity index (χ1) is 20.6. The van der Waals surface area contributed by atoms with Gasteiger partial charge in [0.15, 0.2) is 0 Å². The Morgan fingerprint density at radius 1 is 0.930 bits per heavy atom. The molecule has 0 unspecified atom stereocenters. The van der Waals surface area contributed by atoms with Gasteiger partial charge in [-0.2, -0.15) is 0 Å². The Morgan fingerprint density at radius 2 is 1.72 bits per heavy atom. The fourth-order valence-corrected chi connectivity index (χ4v) is 5.77. The summed E-state index contributed by atoms with van der Waals surface area (Å²) in [6, 6.07) is 19.9. The van der Waals surface area contributed by atoms with Crippen molar-refractivity contribution >= 4 is 27.9 Å². The Balaban J connectivity index is 1.33. The van der Waals surface area contributed by atoms with E-state index < -0.39 is 35.7 Å². The van der Waals surface area contributed by atoms with Crippen LogP contribution in [0.2, 0.25) is 0 Å². The zero-order valence-electron chi connectivity index (χ0n) is 22.9. The van der Waals surface area contributed by atoms with Gasteiger partial charge in [-0.15, -0.1) is 13.2 Å². The van der Waals surface area contributed by atoms with E-state index in [-0.39, 0.29) is 18.7 Å². The van der Waals surface area contributed by atoms with E-state index >= 15 is 4.39 Å². The fraction of sp³-hybridized carbons (Fsp3) is 0.281. The molecule has 2 atom stereocenters. The first-order valence-electron chi connectivity index (χ1n) is 13.9. The second kappa shape index (κ2) is 11.5. The maximum atomic E-state index is 15.0. The van der Waals surface area contributed by atoms with Crippen LogP contribution in [0, 0.1) is 11.7 Å². The quantitative estimate of drug-likeness (QED) is 0.187. The average Bonchev–Trinajstić information content (AvgIpc) is 3.33. The normalized spacial score (nSPS) is 17.3. The highest BCUT2D eigenvalue weighted by Gasteiger charge is 2.36. The lowest BCUT2D eigenvalue weighted by atomic mass is 9.78. The van der Waals surface area contributed by atoms with Gasteiger partial charge in [0.25, 0.3) is 0 Å². The molecule has 0 spiro atoms. The molecule has 11 heteroatoms. The number of alkyl halides is 3. The van der Waals surface area contributed by atoms with E-state index in [4.69, 9.17) is 9.72 Å². The van der Waals surface area contributed by atoms with Gasteiger partial charge in [-0.25, -0.2) is 14.4 Å². The lowest BCUT2D eigenvalue weighted by Crippen LogP contribution is -2.28. The van der Waals surface area contributed by atoms with Crippen LogP contribution in [-0.4, -0.2) is 32.0 Å². The zero-order chi connectivity index (χ0) is 30.1. The van der Waals surface area contributed by atoms with Gasteiger partial charge in [0.2, 0.25) is 0 Å². The van der Waals surface area contributed by atoms with Crippen LogP contribution in [0.1, 0.15) is 48.7 Å². The number of ether oxygens (including phenoxy) is 2. The number of rotatable bonds is 8. The summed E-state index contributed by atoms with van der Waals surface area (Å²) in [5.74, 6) is -2.52. The molecule has 1 aliphatic rings. The monoisotopic (exact) mass is 593 g/mol. The molecule has 1 saturated carbocycles. The van der Waals surface area contributed by atoms with Crippen LogP contribution in [0.5, 0.6) is 11.5 Å². The molecule has 3 aromatic carbocycles. The van der Waals surface area contributed by atoms with Crippen molar-refractivity contribution in [2.45, 2.75) is 51.1 Å². The number of para-hydroxylation sites is 1. The van der Waals surface area contributed by atoms with Crippen molar-refractivity contribution in [3.8, 4) is 11.5 Å². The predicted octanol–water partition coefficient (Wildman–Crippen LogP) is 7.61. The number of halogens is 4. The third-order valence-electron chi connectivity index (χ3n) is 7.79. The number of carbonyl (C=O) groups is 1. The molecule has 1 fully saturated rings. The zero-order valence-corrected chi connectivity index (χ0v) is 22.9. The van der Waals surface area contributed by atoms with Crippen molar-refractivity contribution in [3.63, 3.8) is 0 Å². The fourth-order valence-electron chi connectivity index (χ4n) is 5.77. The van der Waals surface area contributed by atoms with E-state index in [1.54, 1.807) is 22.8 Å². The Kier molecular flexibility index (Phi) is 7.64. The van der Waals surface area contributed by atoms with Crippen LogP contribution in [0.3, 0.4) is 0 Å². The van der Waals surface area contributed by atoms with Crippen molar-refractivity contribution < 1.29 is 36.9 Å². The number of pyridine rings is 1. The lowest BCUT2D eigenvalue weighted by molar-refractivity contribution is -0.274. The minimum Gasteiger partial charge on any atom is -0.487 e. The predicted molar refractivity (Wildman–Crippen MR) is 150 cm³/mol. The van der Waals surface area contributed by atoms with Gasteiger partial charge in [0.05, 0.1) is 34.7 Å². The minimum absolute atomic E-state index is 0.0615. The highest BCUT2D eigenvalue weighted by atomic mass is 19.4. The van der Waals surface area contributed by atoms with Gasteiger partial charge in [-0.3, -0.25) is 4.79 Å². The number of hydrogen-bond acceptors (Lipinski definition) is 5. The first-order valence-corrected chi connectivity index (χ1v) is 13.9. The summed E-state index contributed by atoms with van der Waals surface area (Å²) in [5, 5.41) is 11.0. The van der Waals surface area contributed by atoms with Crippen LogP contribution in [0.4, 0.5) is 17.6 Å². The second-order valence-corrected chi connectivity index (χ2v) is 10.6. The maximum Gasteiger partial charge on any atom is 0.573 e. The maximum absolute atomic E-state index is 15.0. The number of fused-ring (bicyclic) bond motifs is 2. The van der Waals surface area contributed by atoms with Gasteiger partial charge in [0.1, 0.15) is 29.7 Å². The molecule has 0 saturated heterocycles. The molecule has 0 aliphatic heterocycles. The number of benzene rings is 3. The van der Waals surface area contributed by atoms with Crippen LogP contribution < -0.4 is 9.47 Å². The Morgan fingerprint density at radius 3 is 2.51 bits per heavy atom. The third-order valence-corrected chi connectivity index (χ3v) is 7.79. The van der Waals surface area contributed by atoms with E-state index in [1.807, 2.05) is 36.4 Å². The molecule has 0 bridgehead atoms. The lowest BCUT2D eigenvalue weighted by Gasteiger charge is -2.28. The molecule has 0 amide bonds. The van der Waals surface area contributed by atoms with Gasteiger partial charge in [-0.05, 0) is 43.2 Å². The molecule has 5 aromatic rings. The second-order valence-electron chi connectivity index (χ2n) is 10.6. The summed E-state index contributed by atoms with van der Waals surface area (Å²) in [6.45, 7) is 0.152. The summed E-state index contributed by atoms with van der Waals surface area (Å²) < 4.78 is 64.6. The highest BCUT2D eigenvalue weighted by molar-refractivity contribution is 5.79. The molecule has 222 valence electrons. The van der Waals surface area contributed by atoms with Gasteiger partial charge >= 0.3 is 12.3 Å². The topological polar surface area (TPSA) is 86.5 Å². The Bertz CT molecular complexity index is 1800. The number of carboxylic acid groups (broad SMARTS) is 1. The molecule has 1 aliphatic carbocycles. The van der Waals surface area contributed by atoms with Gasteiger partial charge < -0.3 is 19.1 Å². The number of aliphatic carboxylic acids is 1. The molecule has 43 heavy (non-hydrogen) atoms. The molecule has 2 aromatic heterocycles.